The highest BCUT2D eigenvalue weighted by molar-refractivity contribution is 9.10. The third-order valence-electron chi connectivity index (χ3n) is 6.15. The Balaban J connectivity index is 1.49. The number of benzene rings is 3. The van der Waals surface area contributed by atoms with Crippen LogP contribution in [-0.4, -0.2) is 44.8 Å². The highest BCUT2D eigenvalue weighted by atomic mass is 79.9. The molecule has 0 aromatic heterocycles. The van der Waals surface area contributed by atoms with Crippen LogP contribution in [0.4, 0.5) is 5.69 Å². The molecule has 0 radical (unpaired) electrons. The molecule has 1 aliphatic heterocycles. The van der Waals surface area contributed by atoms with Crippen LogP contribution in [0.1, 0.15) is 30.9 Å². The second-order valence-corrected chi connectivity index (χ2v) is 11.7. The molecule has 10 heteroatoms. The van der Waals surface area contributed by atoms with E-state index in [1.165, 1.54) is 12.1 Å². The summed E-state index contributed by atoms with van der Waals surface area (Å²) in [4.78, 5) is 26.9. The summed E-state index contributed by atoms with van der Waals surface area (Å²) in [7, 11) is -4.03. The van der Waals surface area contributed by atoms with Crippen LogP contribution < -0.4 is 14.4 Å². The zero-order chi connectivity index (χ0) is 27.1. The predicted molar refractivity (Wildman–Crippen MR) is 149 cm³/mol. The number of sulfonamides is 1. The van der Waals surface area contributed by atoms with Crippen molar-refractivity contribution < 1.29 is 22.7 Å². The zero-order valence-corrected chi connectivity index (χ0v) is 23.5. The number of carbonyl (C=O) groups excluding carboxylic acids is 2. The Bertz CT molecular complexity index is 1380. The highest BCUT2D eigenvalue weighted by Crippen LogP contribution is 2.27. The molecule has 4 rings (SSSR count). The predicted octanol–water partition coefficient (Wildman–Crippen LogP) is 4.48. The van der Waals surface area contributed by atoms with Crippen molar-refractivity contribution >= 4 is 43.5 Å². The molecule has 2 amide bonds. The Kier molecular flexibility index (Phi) is 9.06. The van der Waals surface area contributed by atoms with Crippen LogP contribution in [0.2, 0.25) is 0 Å². The van der Waals surface area contributed by atoms with Gasteiger partial charge >= 0.3 is 0 Å². The quantitative estimate of drug-likeness (QED) is 0.350. The number of hydrogen-bond acceptors (Lipinski definition) is 5. The first-order chi connectivity index (χ1) is 18.3. The summed E-state index contributed by atoms with van der Waals surface area (Å²) in [6.45, 7) is 3.48. The van der Waals surface area contributed by atoms with Crippen molar-refractivity contribution in [1.82, 2.24) is 10.2 Å². The highest BCUT2D eigenvalue weighted by Gasteiger charge is 2.27. The zero-order valence-electron chi connectivity index (χ0n) is 21.1. The third kappa shape index (κ3) is 6.93. The van der Waals surface area contributed by atoms with Crippen molar-refractivity contribution in [3.63, 3.8) is 0 Å². The fourth-order valence-corrected chi connectivity index (χ4v) is 5.93. The van der Waals surface area contributed by atoms with E-state index in [0.717, 1.165) is 32.9 Å². The number of amides is 2. The summed E-state index contributed by atoms with van der Waals surface area (Å²) in [6, 6.07) is 20.6. The molecule has 0 unspecified atom stereocenters. The van der Waals surface area contributed by atoms with Crippen molar-refractivity contribution in [2.75, 3.05) is 24.0 Å². The lowest BCUT2D eigenvalue weighted by Crippen LogP contribution is -2.40. The van der Waals surface area contributed by atoms with Crippen molar-refractivity contribution in [1.29, 1.82) is 0 Å². The summed E-state index contributed by atoms with van der Waals surface area (Å²) in [5, 5.41) is 2.84. The van der Waals surface area contributed by atoms with Crippen LogP contribution in [0.3, 0.4) is 0 Å². The van der Waals surface area contributed by atoms with Gasteiger partial charge in [0.1, 0.15) is 12.3 Å². The maximum atomic E-state index is 13.6. The molecule has 1 aliphatic rings. The van der Waals surface area contributed by atoms with Gasteiger partial charge in [-0.3, -0.25) is 13.9 Å². The number of carbonyl (C=O) groups is 2. The van der Waals surface area contributed by atoms with Gasteiger partial charge in [0.05, 0.1) is 17.2 Å². The molecule has 200 valence electrons. The topological polar surface area (TPSA) is 96.0 Å². The summed E-state index contributed by atoms with van der Waals surface area (Å²) < 4.78 is 34.5. The minimum absolute atomic E-state index is 0.0755. The first-order valence-corrected chi connectivity index (χ1v) is 14.6. The lowest BCUT2D eigenvalue weighted by Gasteiger charge is -2.24. The van der Waals surface area contributed by atoms with E-state index >= 15 is 0 Å². The van der Waals surface area contributed by atoms with E-state index in [-0.39, 0.29) is 17.3 Å². The SMILES string of the molecule is CCOc1ccc(N(CC(=O)NCc2cccc(CN3CCCC3=O)c2)S(=O)(=O)c2ccc(Br)cc2)cc1. The summed E-state index contributed by atoms with van der Waals surface area (Å²) >= 11 is 3.33. The van der Waals surface area contributed by atoms with Crippen molar-refractivity contribution in [2.24, 2.45) is 0 Å². The van der Waals surface area contributed by atoms with Crippen molar-refractivity contribution in [3.05, 3.63) is 88.4 Å². The van der Waals surface area contributed by atoms with Gasteiger partial charge in [-0.1, -0.05) is 40.2 Å². The molecule has 0 bridgehead atoms. The van der Waals surface area contributed by atoms with Gasteiger partial charge in [0, 0.05) is 30.5 Å². The average molecular weight is 601 g/mol. The number of nitrogens with zero attached hydrogens (tertiary/aromatic N) is 2. The first kappa shape index (κ1) is 27.7. The van der Waals surface area contributed by atoms with E-state index in [9.17, 15) is 18.0 Å². The Morgan fingerprint density at radius 3 is 2.42 bits per heavy atom. The molecule has 1 fully saturated rings. The van der Waals surface area contributed by atoms with Gasteiger partial charge in [-0.2, -0.15) is 0 Å². The summed E-state index contributed by atoms with van der Waals surface area (Å²) in [5.41, 5.74) is 2.20. The molecule has 1 heterocycles. The molecule has 0 aliphatic carbocycles. The van der Waals surface area contributed by atoms with Gasteiger partial charge in [-0.15, -0.1) is 0 Å². The molecule has 1 saturated heterocycles. The standard InChI is InChI=1S/C28H30BrN3O5S/c1-2-37-25-12-10-24(11-13-25)32(38(35,36)26-14-8-23(29)9-15-26)20-27(33)30-18-21-5-3-6-22(17-21)19-31-16-4-7-28(31)34/h3,5-6,8-15,17H,2,4,7,16,18-20H2,1H3,(H,30,33). The second kappa shape index (κ2) is 12.4. The van der Waals surface area contributed by atoms with E-state index in [1.807, 2.05) is 36.1 Å². The number of rotatable bonds is 11. The number of hydrogen-bond donors (Lipinski definition) is 1. The van der Waals surface area contributed by atoms with Crippen LogP contribution in [-0.2, 0) is 32.7 Å². The van der Waals surface area contributed by atoms with Gasteiger partial charge in [0.25, 0.3) is 10.0 Å². The van der Waals surface area contributed by atoms with Crippen LogP contribution in [0, 0.1) is 0 Å². The van der Waals surface area contributed by atoms with E-state index in [1.54, 1.807) is 36.4 Å². The molecule has 3 aromatic carbocycles. The molecule has 0 atom stereocenters. The maximum absolute atomic E-state index is 13.6. The van der Waals surface area contributed by atoms with Gasteiger partial charge in [-0.05, 0) is 73.0 Å². The van der Waals surface area contributed by atoms with E-state index in [0.29, 0.717) is 31.0 Å². The molecule has 3 aromatic rings. The summed E-state index contributed by atoms with van der Waals surface area (Å²) in [6.07, 6.45) is 1.46. The van der Waals surface area contributed by atoms with E-state index in [4.69, 9.17) is 4.74 Å². The Hall–Kier alpha value is -3.37. The lowest BCUT2D eigenvalue weighted by molar-refractivity contribution is -0.128. The van der Waals surface area contributed by atoms with Crippen molar-refractivity contribution in [2.45, 2.75) is 37.8 Å². The molecule has 1 N–H and O–H groups in total. The minimum Gasteiger partial charge on any atom is -0.494 e. The molecular weight excluding hydrogens is 570 g/mol. The normalized spacial score (nSPS) is 13.4. The minimum atomic E-state index is -4.03. The largest absolute Gasteiger partial charge is 0.494 e. The number of halogens is 1. The smallest absolute Gasteiger partial charge is 0.264 e. The van der Waals surface area contributed by atoms with Crippen LogP contribution in [0.5, 0.6) is 5.75 Å². The Labute approximate surface area is 231 Å². The molecular formula is C28H30BrN3O5S. The fourth-order valence-electron chi connectivity index (χ4n) is 4.24. The first-order valence-electron chi connectivity index (χ1n) is 12.4. The number of anilines is 1. The van der Waals surface area contributed by atoms with Gasteiger partial charge in [0.15, 0.2) is 0 Å². The van der Waals surface area contributed by atoms with Crippen LogP contribution in [0.15, 0.2) is 82.2 Å². The third-order valence-corrected chi connectivity index (χ3v) is 8.47. The van der Waals surface area contributed by atoms with Crippen molar-refractivity contribution in [3.8, 4) is 5.75 Å². The summed E-state index contributed by atoms with van der Waals surface area (Å²) in [5.74, 6) is 0.321. The number of nitrogens with one attached hydrogen (secondary N) is 1. The average Bonchev–Trinajstić information content (AvgIpc) is 3.31. The number of ether oxygens (including phenoxy) is 1. The van der Waals surface area contributed by atoms with Gasteiger partial charge in [0.2, 0.25) is 11.8 Å². The van der Waals surface area contributed by atoms with Crippen LogP contribution in [0.25, 0.3) is 0 Å². The number of likely N-dealkylation sites (tertiary alicyclic amines) is 1. The van der Waals surface area contributed by atoms with Crippen LogP contribution >= 0.6 is 15.9 Å². The molecule has 38 heavy (non-hydrogen) atoms. The van der Waals surface area contributed by atoms with Gasteiger partial charge < -0.3 is 15.0 Å². The molecule has 8 nitrogen and oxygen atoms in total. The Morgan fingerprint density at radius 2 is 1.76 bits per heavy atom. The van der Waals surface area contributed by atoms with E-state index in [2.05, 4.69) is 21.2 Å². The monoisotopic (exact) mass is 599 g/mol. The molecule has 0 saturated carbocycles. The lowest BCUT2D eigenvalue weighted by atomic mass is 10.1. The van der Waals surface area contributed by atoms with E-state index < -0.39 is 22.5 Å². The molecule has 0 spiro atoms. The fraction of sp³-hybridized carbons (Fsp3) is 0.286. The maximum Gasteiger partial charge on any atom is 0.264 e. The van der Waals surface area contributed by atoms with Gasteiger partial charge in [-0.25, -0.2) is 8.42 Å². The Morgan fingerprint density at radius 1 is 1.05 bits per heavy atom. The second-order valence-electron chi connectivity index (χ2n) is 8.91.